The van der Waals surface area contributed by atoms with Crippen LogP contribution in [0.1, 0.15) is 28.7 Å². The summed E-state index contributed by atoms with van der Waals surface area (Å²) in [5.74, 6) is 8.34. The van der Waals surface area contributed by atoms with Gasteiger partial charge in [-0.3, -0.25) is 5.84 Å². The molecule has 0 saturated heterocycles. The predicted molar refractivity (Wildman–Crippen MR) is 68.3 cm³/mol. The highest BCUT2D eigenvalue weighted by molar-refractivity contribution is 5.42. The first-order valence-electron chi connectivity index (χ1n) is 6.06. The average Bonchev–Trinajstić information content (AvgIpc) is 2.99. The van der Waals surface area contributed by atoms with E-state index in [4.69, 9.17) is 15.0 Å². The summed E-state index contributed by atoms with van der Waals surface area (Å²) in [5.41, 5.74) is 5.13. The molecule has 1 aromatic carbocycles. The van der Waals surface area contributed by atoms with Crippen molar-refractivity contribution in [2.24, 2.45) is 5.84 Å². The molecule has 0 radical (unpaired) electrons. The number of aryl methyl sites for hydroxylation is 1. The van der Waals surface area contributed by atoms with E-state index in [-0.39, 0.29) is 6.04 Å². The van der Waals surface area contributed by atoms with Crippen LogP contribution in [0.5, 0.6) is 5.75 Å². The molecule has 1 unspecified atom stereocenters. The molecule has 2 aromatic rings. The molecular formula is C14H16N2O2. The number of benzene rings is 1. The fourth-order valence-corrected chi connectivity index (χ4v) is 2.34. The summed E-state index contributed by atoms with van der Waals surface area (Å²) in [4.78, 5) is 0. The quantitative estimate of drug-likeness (QED) is 0.641. The van der Waals surface area contributed by atoms with Gasteiger partial charge in [0.05, 0.1) is 6.61 Å². The SMILES string of the molecule is Cc1ccc(C(NN)c2ccc3c(c2)CCO3)o1. The van der Waals surface area contributed by atoms with E-state index >= 15 is 0 Å². The number of hydrogen-bond donors (Lipinski definition) is 2. The highest BCUT2D eigenvalue weighted by Crippen LogP contribution is 2.30. The first-order chi connectivity index (χ1) is 8.78. The topological polar surface area (TPSA) is 60.4 Å². The average molecular weight is 244 g/mol. The van der Waals surface area contributed by atoms with Crippen molar-refractivity contribution >= 4 is 0 Å². The number of nitrogens with two attached hydrogens (primary N) is 1. The zero-order valence-electron chi connectivity index (χ0n) is 10.3. The van der Waals surface area contributed by atoms with Crippen LogP contribution in [-0.4, -0.2) is 6.61 Å². The Balaban J connectivity index is 1.96. The van der Waals surface area contributed by atoms with Gasteiger partial charge in [0, 0.05) is 6.42 Å². The van der Waals surface area contributed by atoms with Gasteiger partial charge in [-0.2, -0.15) is 0 Å². The molecule has 0 bridgehead atoms. The molecule has 0 amide bonds. The summed E-state index contributed by atoms with van der Waals surface area (Å²) < 4.78 is 11.1. The van der Waals surface area contributed by atoms with Crippen molar-refractivity contribution < 1.29 is 9.15 Å². The minimum atomic E-state index is -0.121. The monoisotopic (exact) mass is 244 g/mol. The molecule has 94 valence electrons. The van der Waals surface area contributed by atoms with Crippen molar-refractivity contribution in [1.82, 2.24) is 5.43 Å². The minimum Gasteiger partial charge on any atom is -0.493 e. The number of rotatable bonds is 3. The van der Waals surface area contributed by atoms with E-state index in [1.165, 1.54) is 5.56 Å². The highest BCUT2D eigenvalue weighted by Gasteiger charge is 2.19. The van der Waals surface area contributed by atoms with Crippen molar-refractivity contribution in [1.29, 1.82) is 0 Å². The molecule has 1 aromatic heterocycles. The molecule has 1 aliphatic rings. The molecule has 18 heavy (non-hydrogen) atoms. The van der Waals surface area contributed by atoms with Crippen molar-refractivity contribution in [3.05, 3.63) is 53.0 Å². The molecule has 0 fully saturated rings. The second-order valence-corrected chi connectivity index (χ2v) is 4.51. The lowest BCUT2D eigenvalue weighted by Gasteiger charge is -2.14. The van der Waals surface area contributed by atoms with Gasteiger partial charge < -0.3 is 9.15 Å². The van der Waals surface area contributed by atoms with E-state index in [1.807, 2.05) is 31.2 Å². The third-order valence-electron chi connectivity index (χ3n) is 3.26. The van der Waals surface area contributed by atoms with Gasteiger partial charge in [-0.15, -0.1) is 0 Å². The van der Waals surface area contributed by atoms with Gasteiger partial charge in [-0.05, 0) is 42.3 Å². The van der Waals surface area contributed by atoms with E-state index in [2.05, 4.69) is 11.5 Å². The second-order valence-electron chi connectivity index (χ2n) is 4.51. The highest BCUT2D eigenvalue weighted by atomic mass is 16.5. The van der Waals surface area contributed by atoms with Crippen LogP contribution in [0.4, 0.5) is 0 Å². The Labute approximate surface area is 106 Å². The Morgan fingerprint density at radius 2 is 2.17 bits per heavy atom. The van der Waals surface area contributed by atoms with Crippen LogP contribution in [0.3, 0.4) is 0 Å². The summed E-state index contributed by atoms with van der Waals surface area (Å²) in [6.45, 7) is 2.69. The fourth-order valence-electron chi connectivity index (χ4n) is 2.34. The van der Waals surface area contributed by atoms with Gasteiger partial charge in [0.15, 0.2) is 0 Å². The first kappa shape index (κ1) is 11.3. The van der Waals surface area contributed by atoms with Crippen LogP contribution >= 0.6 is 0 Å². The third kappa shape index (κ3) is 1.89. The lowest BCUT2D eigenvalue weighted by Crippen LogP contribution is -2.28. The van der Waals surface area contributed by atoms with E-state index in [9.17, 15) is 0 Å². The molecule has 0 aliphatic carbocycles. The second kappa shape index (κ2) is 4.48. The number of furan rings is 1. The molecule has 0 saturated carbocycles. The van der Waals surface area contributed by atoms with Crippen molar-refractivity contribution in [3.63, 3.8) is 0 Å². The number of hydrogen-bond acceptors (Lipinski definition) is 4. The van der Waals surface area contributed by atoms with E-state index in [1.54, 1.807) is 0 Å². The fraction of sp³-hybridized carbons (Fsp3) is 0.286. The van der Waals surface area contributed by atoms with Crippen LogP contribution in [0, 0.1) is 6.92 Å². The number of hydrazine groups is 1. The molecule has 1 aliphatic heterocycles. The summed E-state index contributed by atoms with van der Waals surface area (Å²) in [5, 5.41) is 0. The molecule has 4 heteroatoms. The van der Waals surface area contributed by atoms with Crippen LogP contribution in [0.25, 0.3) is 0 Å². The van der Waals surface area contributed by atoms with Gasteiger partial charge in [-0.1, -0.05) is 6.07 Å². The zero-order chi connectivity index (χ0) is 12.5. The Hall–Kier alpha value is -1.78. The smallest absolute Gasteiger partial charge is 0.126 e. The van der Waals surface area contributed by atoms with Crippen LogP contribution in [-0.2, 0) is 6.42 Å². The Kier molecular flexibility index (Phi) is 2.81. The maximum atomic E-state index is 5.65. The normalized spacial score (nSPS) is 15.2. The van der Waals surface area contributed by atoms with Gasteiger partial charge in [-0.25, -0.2) is 5.43 Å². The predicted octanol–water partition coefficient (Wildman–Crippen LogP) is 2.08. The molecule has 3 N–H and O–H groups in total. The summed E-state index contributed by atoms with van der Waals surface area (Å²) in [6.07, 6.45) is 0.956. The zero-order valence-corrected chi connectivity index (χ0v) is 10.3. The Morgan fingerprint density at radius 3 is 2.89 bits per heavy atom. The number of nitrogens with one attached hydrogen (secondary N) is 1. The summed E-state index contributed by atoms with van der Waals surface area (Å²) >= 11 is 0. The van der Waals surface area contributed by atoms with Crippen LogP contribution < -0.4 is 16.0 Å². The standard InChI is InChI=1S/C14H16N2O2/c1-9-2-4-13(18-9)14(16-15)11-3-5-12-10(8-11)6-7-17-12/h2-5,8,14,16H,6-7,15H2,1H3. The largest absolute Gasteiger partial charge is 0.493 e. The van der Waals surface area contributed by atoms with Crippen LogP contribution in [0.2, 0.25) is 0 Å². The molecule has 4 nitrogen and oxygen atoms in total. The summed E-state index contributed by atoms with van der Waals surface area (Å²) in [7, 11) is 0. The van der Waals surface area contributed by atoms with E-state index in [0.717, 1.165) is 35.9 Å². The van der Waals surface area contributed by atoms with Crippen molar-refractivity contribution in [2.75, 3.05) is 6.61 Å². The molecule has 3 rings (SSSR count). The molecule has 1 atom stereocenters. The van der Waals surface area contributed by atoms with Crippen molar-refractivity contribution in [3.8, 4) is 5.75 Å². The molecular weight excluding hydrogens is 228 g/mol. The van der Waals surface area contributed by atoms with Crippen LogP contribution in [0.15, 0.2) is 34.7 Å². The maximum absolute atomic E-state index is 5.65. The minimum absolute atomic E-state index is 0.121. The Morgan fingerprint density at radius 1 is 1.28 bits per heavy atom. The molecule has 0 spiro atoms. The van der Waals surface area contributed by atoms with Gasteiger partial charge in [0.25, 0.3) is 0 Å². The number of ether oxygens (including phenoxy) is 1. The first-order valence-corrected chi connectivity index (χ1v) is 6.06. The Bertz CT molecular complexity index is 563. The lowest BCUT2D eigenvalue weighted by molar-refractivity contribution is 0.356. The van der Waals surface area contributed by atoms with E-state index in [0.29, 0.717) is 0 Å². The van der Waals surface area contributed by atoms with E-state index < -0.39 is 0 Å². The summed E-state index contributed by atoms with van der Waals surface area (Å²) in [6, 6.07) is 9.92. The maximum Gasteiger partial charge on any atom is 0.126 e. The van der Waals surface area contributed by atoms with Crippen molar-refractivity contribution in [2.45, 2.75) is 19.4 Å². The van der Waals surface area contributed by atoms with Gasteiger partial charge in [0.1, 0.15) is 23.3 Å². The third-order valence-corrected chi connectivity index (χ3v) is 3.26. The van der Waals surface area contributed by atoms with Gasteiger partial charge in [0.2, 0.25) is 0 Å². The lowest BCUT2D eigenvalue weighted by atomic mass is 10.0. The van der Waals surface area contributed by atoms with Gasteiger partial charge >= 0.3 is 0 Å². The number of fused-ring (bicyclic) bond motifs is 1. The molecule has 2 heterocycles.